The predicted molar refractivity (Wildman–Crippen MR) is 125 cm³/mol. The van der Waals surface area contributed by atoms with E-state index in [2.05, 4.69) is 31.2 Å². The predicted octanol–water partition coefficient (Wildman–Crippen LogP) is 4.73. The average molecular weight is 441 g/mol. The highest BCUT2D eigenvalue weighted by Crippen LogP contribution is 2.27. The minimum atomic E-state index is -0.366. The van der Waals surface area contributed by atoms with Crippen molar-refractivity contribution in [3.05, 3.63) is 64.8 Å². The van der Waals surface area contributed by atoms with Gasteiger partial charge < -0.3 is 26.0 Å². The summed E-state index contributed by atoms with van der Waals surface area (Å²) in [5.41, 5.74) is 3.46. The molecule has 2 amide bonds. The van der Waals surface area contributed by atoms with E-state index >= 15 is 0 Å². The number of ether oxygens (including phenoxy) is 1. The zero-order valence-electron chi connectivity index (χ0n) is 17.6. The lowest BCUT2D eigenvalue weighted by Gasteiger charge is -2.12. The molecule has 1 aromatic heterocycles. The summed E-state index contributed by atoms with van der Waals surface area (Å²) in [5, 5.41) is 12.4. The van der Waals surface area contributed by atoms with Crippen LogP contribution in [0.25, 0.3) is 0 Å². The molecule has 1 heterocycles. The quantitative estimate of drug-likeness (QED) is 0.378. The van der Waals surface area contributed by atoms with Crippen LogP contribution in [0.3, 0.4) is 0 Å². The van der Waals surface area contributed by atoms with Crippen LogP contribution in [0.4, 0.5) is 27.9 Å². The summed E-state index contributed by atoms with van der Waals surface area (Å²) in [7, 11) is 1.53. The minimum Gasteiger partial charge on any atom is -0.495 e. The summed E-state index contributed by atoms with van der Waals surface area (Å²) in [6, 6.07) is 14.6. The van der Waals surface area contributed by atoms with Crippen molar-refractivity contribution < 1.29 is 9.53 Å². The van der Waals surface area contributed by atoms with Gasteiger partial charge in [-0.25, -0.2) is 9.78 Å². The van der Waals surface area contributed by atoms with Gasteiger partial charge in [0.2, 0.25) is 5.95 Å². The molecule has 0 saturated carbocycles. The zero-order valence-corrected chi connectivity index (χ0v) is 18.4. The van der Waals surface area contributed by atoms with Crippen molar-refractivity contribution in [3.8, 4) is 5.75 Å². The van der Waals surface area contributed by atoms with Gasteiger partial charge in [-0.3, -0.25) is 0 Å². The van der Waals surface area contributed by atoms with E-state index in [1.165, 1.54) is 12.7 Å². The first-order valence-electron chi connectivity index (χ1n) is 9.74. The monoisotopic (exact) mass is 440 g/mol. The van der Waals surface area contributed by atoms with Crippen LogP contribution in [0.15, 0.2) is 48.5 Å². The molecular formula is C22H25ClN6O2. The van der Waals surface area contributed by atoms with Gasteiger partial charge >= 0.3 is 6.03 Å². The SMILES string of the molecule is COc1ccc(Cl)cc1NC(=O)NCCNc1nc(C)cc(Nc2ccc(C)cc2)n1. The molecule has 3 aromatic rings. The summed E-state index contributed by atoms with van der Waals surface area (Å²) in [6.45, 7) is 4.76. The fraction of sp³-hybridized carbons (Fsp3) is 0.227. The summed E-state index contributed by atoms with van der Waals surface area (Å²) in [6.07, 6.45) is 0. The van der Waals surface area contributed by atoms with Crippen LogP contribution < -0.4 is 26.0 Å². The number of hydrogen-bond acceptors (Lipinski definition) is 6. The van der Waals surface area contributed by atoms with E-state index in [-0.39, 0.29) is 6.03 Å². The molecule has 0 radical (unpaired) electrons. The average Bonchev–Trinajstić information content (AvgIpc) is 2.73. The van der Waals surface area contributed by atoms with Gasteiger partial charge in [-0.1, -0.05) is 29.3 Å². The summed E-state index contributed by atoms with van der Waals surface area (Å²) < 4.78 is 5.22. The van der Waals surface area contributed by atoms with E-state index in [9.17, 15) is 4.79 Å². The topological polar surface area (TPSA) is 100 Å². The van der Waals surface area contributed by atoms with Gasteiger partial charge in [-0.15, -0.1) is 0 Å². The maximum atomic E-state index is 12.1. The maximum Gasteiger partial charge on any atom is 0.319 e. The number of nitrogens with one attached hydrogen (secondary N) is 4. The number of carbonyl (C=O) groups is 1. The molecule has 3 rings (SSSR count). The van der Waals surface area contributed by atoms with Crippen molar-refractivity contribution >= 4 is 40.8 Å². The fourth-order valence-electron chi connectivity index (χ4n) is 2.79. The van der Waals surface area contributed by atoms with Crippen molar-refractivity contribution in [2.24, 2.45) is 0 Å². The van der Waals surface area contributed by atoms with Crippen LogP contribution in [0.2, 0.25) is 5.02 Å². The van der Waals surface area contributed by atoms with Crippen LogP contribution in [-0.2, 0) is 0 Å². The molecule has 0 fully saturated rings. The van der Waals surface area contributed by atoms with Crippen molar-refractivity contribution in [1.82, 2.24) is 15.3 Å². The lowest BCUT2D eigenvalue weighted by atomic mass is 10.2. The van der Waals surface area contributed by atoms with Crippen LogP contribution in [0.1, 0.15) is 11.3 Å². The number of rotatable bonds is 8. The molecule has 0 saturated heterocycles. The molecule has 9 heteroatoms. The Bertz CT molecular complexity index is 1040. The number of amides is 2. The van der Waals surface area contributed by atoms with Crippen molar-refractivity contribution in [2.45, 2.75) is 13.8 Å². The lowest BCUT2D eigenvalue weighted by Crippen LogP contribution is -2.33. The standard InChI is InChI=1S/C22H25ClN6O2/c1-14-4-7-17(8-5-14)27-20-12-15(2)26-21(29-20)24-10-11-25-22(30)28-18-13-16(23)6-9-19(18)31-3/h4-9,12-13H,10-11H2,1-3H3,(H2,25,28,30)(H2,24,26,27,29). The molecule has 0 spiro atoms. The highest BCUT2D eigenvalue weighted by Gasteiger charge is 2.08. The first-order valence-corrected chi connectivity index (χ1v) is 10.1. The molecule has 4 N–H and O–H groups in total. The number of urea groups is 1. The number of methoxy groups -OCH3 is 1. The van der Waals surface area contributed by atoms with Crippen molar-refractivity contribution in [3.63, 3.8) is 0 Å². The largest absolute Gasteiger partial charge is 0.495 e. The van der Waals surface area contributed by atoms with Gasteiger partial charge in [0.05, 0.1) is 12.8 Å². The molecule has 0 aliphatic heterocycles. The Kier molecular flexibility index (Phi) is 7.50. The van der Waals surface area contributed by atoms with Crippen molar-refractivity contribution in [2.75, 3.05) is 36.1 Å². The second kappa shape index (κ2) is 10.5. The van der Waals surface area contributed by atoms with E-state index < -0.39 is 0 Å². The van der Waals surface area contributed by atoms with Crippen molar-refractivity contribution in [1.29, 1.82) is 0 Å². The fourth-order valence-corrected chi connectivity index (χ4v) is 2.96. The van der Waals surface area contributed by atoms with Gasteiger partial charge in [0.15, 0.2) is 0 Å². The normalized spacial score (nSPS) is 10.3. The summed E-state index contributed by atoms with van der Waals surface area (Å²) in [4.78, 5) is 21.0. The van der Waals surface area contributed by atoms with E-state index in [4.69, 9.17) is 16.3 Å². The molecule has 0 unspecified atom stereocenters. The number of anilines is 4. The van der Waals surface area contributed by atoms with Gasteiger partial charge in [0, 0.05) is 35.6 Å². The van der Waals surface area contributed by atoms with E-state index in [0.29, 0.717) is 41.3 Å². The zero-order chi connectivity index (χ0) is 22.2. The third-order valence-electron chi connectivity index (χ3n) is 4.28. The third kappa shape index (κ3) is 6.75. The molecule has 162 valence electrons. The van der Waals surface area contributed by atoms with E-state index in [1.807, 2.05) is 44.2 Å². The second-order valence-electron chi connectivity index (χ2n) is 6.86. The summed E-state index contributed by atoms with van der Waals surface area (Å²) in [5.74, 6) is 1.70. The van der Waals surface area contributed by atoms with Gasteiger partial charge in [-0.05, 0) is 44.2 Å². The number of aryl methyl sites for hydroxylation is 2. The van der Waals surface area contributed by atoms with Crippen LogP contribution >= 0.6 is 11.6 Å². The molecule has 2 aromatic carbocycles. The minimum absolute atomic E-state index is 0.366. The number of carbonyl (C=O) groups excluding carboxylic acids is 1. The molecule has 8 nitrogen and oxygen atoms in total. The number of benzene rings is 2. The highest BCUT2D eigenvalue weighted by molar-refractivity contribution is 6.31. The first kappa shape index (κ1) is 22.2. The Balaban J connectivity index is 1.50. The Labute approximate surface area is 186 Å². The molecular weight excluding hydrogens is 416 g/mol. The lowest BCUT2D eigenvalue weighted by molar-refractivity contribution is 0.252. The smallest absolute Gasteiger partial charge is 0.319 e. The van der Waals surface area contributed by atoms with E-state index in [1.54, 1.807) is 18.2 Å². The molecule has 0 bridgehead atoms. The van der Waals surface area contributed by atoms with Crippen LogP contribution in [0, 0.1) is 13.8 Å². The maximum absolute atomic E-state index is 12.1. The Morgan fingerprint density at radius 2 is 1.81 bits per heavy atom. The Morgan fingerprint density at radius 3 is 2.55 bits per heavy atom. The second-order valence-corrected chi connectivity index (χ2v) is 7.30. The van der Waals surface area contributed by atoms with Gasteiger partial charge in [0.25, 0.3) is 0 Å². The Morgan fingerprint density at radius 1 is 1.03 bits per heavy atom. The van der Waals surface area contributed by atoms with Crippen LogP contribution in [-0.4, -0.2) is 36.2 Å². The number of aromatic nitrogens is 2. The van der Waals surface area contributed by atoms with Gasteiger partial charge in [0.1, 0.15) is 11.6 Å². The number of halogens is 1. The van der Waals surface area contributed by atoms with Gasteiger partial charge in [-0.2, -0.15) is 4.98 Å². The van der Waals surface area contributed by atoms with E-state index in [0.717, 1.165) is 11.4 Å². The summed E-state index contributed by atoms with van der Waals surface area (Å²) >= 11 is 5.98. The molecule has 0 aliphatic carbocycles. The number of hydrogen-bond donors (Lipinski definition) is 4. The highest BCUT2D eigenvalue weighted by atomic mass is 35.5. The number of nitrogens with zero attached hydrogens (tertiary/aromatic N) is 2. The third-order valence-corrected chi connectivity index (χ3v) is 4.52. The molecule has 0 aliphatic rings. The van der Waals surface area contributed by atoms with Crippen LogP contribution in [0.5, 0.6) is 5.75 Å². The molecule has 0 atom stereocenters. The first-order chi connectivity index (χ1) is 14.9. The molecule has 31 heavy (non-hydrogen) atoms. The Hall–Kier alpha value is -3.52.